The molecule has 21 heavy (non-hydrogen) atoms. The van der Waals surface area contributed by atoms with Crippen LogP contribution in [0.15, 0.2) is 0 Å². The molecular formula is C17H32N2O2. The van der Waals surface area contributed by atoms with Gasteiger partial charge in [-0.15, -0.1) is 0 Å². The lowest BCUT2D eigenvalue weighted by Crippen LogP contribution is -2.56. The van der Waals surface area contributed by atoms with E-state index in [2.05, 4.69) is 31.0 Å². The minimum Gasteiger partial charge on any atom is -0.480 e. The average Bonchev–Trinajstić information content (AvgIpc) is 2.40. The average molecular weight is 296 g/mol. The zero-order valence-corrected chi connectivity index (χ0v) is 13.8. The molecule has 4 nitrogen and oxygen atoms in total. The third-order valence-electron chi connectivity index (χ3n) is 5.50. The summed E-state index contributed by atoms with van der Waals surface area (Å²) in [7, 11) is 0. The van der Waals surface area contributed by atoms with Gasteiger partial charge in [0.05, 0.1) is 6.54 Å². The van der Waals surface area contributed by atoms with Crippen molar-refractivity contribution in [2.45, 2.75) is 77.4 Å². The molecule has 2 rings (SSSR count). The van der Waals surface area contributed by atoms with Gasteiger partial charge in [0.25, 0.3) is 0 Å². The molecule has 2 saturated carbocycles. The highest BCUT2D eigenvalue weighted by Crippen LogP contribution is 2.32. The van der Waals surface area contributed by atoms with Crippen LogP contribution in [-0.4, -0.2) is 47.2 Å². The summed E-state index contributed by atoms with van der Waals surface area (Å²) in [6, 6.07) is 1.76. The monoisotopic (exact) mass is 296 g/mol. The van der Waals surface area contributed by atoms with Crippen molar-refractivity contribution in [2.75, 3.05) is 13.1 Å². The lowest BCUT2D eigenvalue weighted by molar-refractivity contribution is -0.139. The van der Waals surface area contributed by atoms with Gasteiger partial charge in [0.1, 0.15) is 0 Å². The predicted octanol–water partition coefficient (Wildman–Crippen LogP) is 2.73. The number of carboxylic acid groups (broad SMARTS) is 1. The van der Waals surface area contributed by atoms with E-state index in [-0.39, 0.29) is 6.54 Å². The fraction of sp³-hybridized carbons (Fsp3) is 0.941. The van der Waals surface area contributed by atoms with Crippen molar-refractivity contribution in [2.24, 2.45) is 11.8 Å². The van der Waals surface area contributed by atoms with Crippen molar-refractivity contribution in [3.8, 4) is 0 Å². The van der Waals surface area contributed by atoms with Gasteiger partial charge in [-0.05, 0) is 44.1 Å². The molecule has 2 aliphatic rings. The third kappa shape index (κ3) is 4.68. The minimum atomic E-state index is -0.708. The Labute approximate surface area is 129 Å². The summed E-state index contributed by atoms with van der Waals surface area (Å²) in [6.07, 6.45) is 7.62. The second-order valence-corrected chi connectivity index (χ2v) is 7.31. The Morgan fingerprint density at radius 1 is 1.24 bits per heavy atom. The maximum Gasteiger partial charge on any atom is 0.317 e. The van der Waals surface area contributed by atoms with Gasteiger partial charge in [-0.1, -0.05) is 33.6 Å². The van der Waals surface area contributed by atoms with Gasteiger partial charge in [-0.3, -0.25) is 9.69 Å². The summed E-state index contributed by atoms with van der Waals surface area (Å²) >= 11 is 0. The van der Waals surface area contributed by atoms with Crippen LogP contribution in [0.4, 0.5) is 0 Å². The Kier molecular flexibility index (Phi) is 6.06. The van der Waals surface area contributed by atoms with Crippen LogP contribution in [0.5, 0.6) is 0 Å². The summed E-state index contributed by atoms with van der Waals surface area (Å²) in [5, 5.41) is 12.8. The molecule has 0 heterocycles. The molecule has 2 fully saturated rings. The number of carboxylic acids is 1. The van der Waals surface area contributed by atoms with E-state index in [0.29, 0.717) is 18.1 Å². The molecule has 2 atom stereocenters. The van der Waals surface area contributed by atoms with Crippen molar-refractivity contribution in [3.63, 3.8) is 0 Å². The highest BCUT2D eigenvalue weighted by molar-refractivity contribution is 5.69. The number of nitrogens with zero attached hydrogens (tertiary/aromatic N) is 1. The predicted molar refractivity (Wildman–Crippen MR) is 85.4 cm³/mol. The maximum atomic E-state index is 10.9. The van der Waals surface area contributed by atoms with Crippen molar-refractivity contribution >= 4 is 5.97 Å². The van der Waals surface area contributed by atoms with Crippen LogP contribution in [0.1, 0.15) is 59.3 Å². The first-order valence-corrected chi connectivity index (χ1v) is 8.71. The first-order chi connectivity index (χ1) is 9.99. The third-order valence-corrected chi connectivity index (χ3v) is 5.50. The van der Waals surface area contributed by atoms with Crippen LogP contribution < -0.4 is 5.32 Å². The maximum absolute atomic E-state index is 10.9. The van der Waals surface area contributed by atoms with E-state index in [0.717, 1.165) is 31.2 Å². The quantitative estimate of drug-likeness (QED) is 0.758. The topological polar surface area (TPSA) is 52.6 Å². The molecule has 0 aromatic carbocycles. The van der Waals surface area contributed by atoms with Crippen LogP contribution in [-0.2, 0) is 4.79 Å². The molecule has 0 saturated heterocycles. The number of hydrogen-bond acceptors (Lipinski definition) is 3. The molecule has 2 N–H and O–H groups in total. The van der Waals surface area contributed by atoms with Crippen LogP contribution in [0.25, 0.3) is 0 Å². The minimum absolute atomic E-state index is 0.187. The molecule has 0 aliphatic heterocycles. The second kappa shape index (κ2) is 7.59. The van der Waals surface area contributed by atoms with Gasteiger partial charge in [0, 0.05) is 18.1 Å². The van der Waals surface area contributed by atoms with E-state index in [1.54, 1.807) is 0 Å². The molecule has 2 unspecified atom stereocenters. The molecule has 122 valence electrons. The van der Waals surface area contributed by atoms with Crippen molar-refractivity contribution < 1.29 is 9.90 Å². The number of aliphatic carboxylic acids is 1. The fourth-order valence-corrected chi connectivity index (χ4v) is 4.01. The van der Waals surface area contributed by atoms with Gasteiger partial charge in [-0.25, -0.2) is 0 Å². The molecular weight excluding hydrogens is 264 g/mol. The Morgan fingerprint density at radius 3 is 2.52 bits per heavy atom. The molecule has 0 radical (unpaired) electrons. The molecule has 4 heteroatoms. The first kappa shape index (κ1) is 16.8. The van der Waals surface area contributed by atoms with Gasteiger partial charge in [0.15, 0.2) is 0 Å². The van der Waals surface area contributed by atoms with E-state index < -0.39 is 5.97 Å². The Morgan fingerprint density at radius 2 is 1.95 bits per heavy atom. The van der Waals surface area contributed by atoms with Crippen LogP contribution in [0, 0.1) is 11.8 Å². The smallest absolute Gasteiger partial charge is 0.317 e. The van der Waals surface area contributed by atoms with Crippen LogP contribution in [0.2, 0.25) is 0 Å². The summed E-state index contributed by atoms with van der Waals surface area (Å²) < 4.78 is 0. The lowest BCUT2D eigenvalue weighted by atomic mass is 9.77. The zero-order valence-electron chi connectivity index (χ0n) is 13.8. The highest BCUT2D eigenvalue weighted by atomic mass is 16.4. The van der Waals surface area contributed by atoms with Gasteiger partial charge >= 0.3 is 5.97 Å². The van der Waals surface area contributed by atoms with Gasteiger partial charge in [0.2, 0.25) is 0 Å². The number of hydrogen-bond donors (Lipinski definition) is 2. The Balaban J connectivity index is 1.71. The first-order valence-electron chi connectivity index (χ1n) is 8.71. The highest BCUT2D eigenvalue weighted by Gasteiger charge is 2.35. The van der Waals surface area contributed by atoms with Crippen molar-refractivity contribution in [1.82, 2.24) is 10.2 Å². The number of likely N-dealkylation sites (N-methyl/N-ethyl adjacent to an activating group) is 1. The molecule has 2 aliphatic carbocycles. The number of carbonyl (C=O) groups is 1. The normalized spacial score (nSPS) is 33.2. The lowest BCUT2D eigenvalue weighted by Gasteiger charge is -2.45. The SMILES string of the molecule is CCN(CC(=O)O)C1CC(NC2CCCC(C(C)C)C2)C1. The number of rotatable bonds is 7. The summed E-state index contributed by atoms with van der Waals surface area (Å²) in [4.78, 5) is 12.9. The summed E-state index contributed by atoms with van der Waals surface area (Å²) in [5.74, 6) is 0.974. The van der Waals surface area contributed by atoms with Crippen molar-refractivity contribution in [3.05, 3.63) is 0 Å². The second-order valence-electron chi connectivity index (χ2n) is 7.31. The van der Waals surface area contributed by atoms with E-state index >= 15 is 0 Å². The van der Waals surface area contributed by atoms with E-state index in [9.17, 15) is 4.79 Å². The van der Waals surface area contributed by atoms with E-state index in [1.807, 2.05) is 0 Å². The van der Waals surface area contributed by atoms with E-state index in [1.165, 1.54) is 25.7 Å². The van der Waals surface area contributed by atoms with Crippen LogP contribution in [0.3, 0.4) is 0 Å². The Bertz CT molecular complexity index is 340. The zero-order chi connectivity index (χ0) is 15.4. The summed E-state index contributed by atoms with van der Waals surface area (Å²) in [6.45, 7) is 7.77. The largest absolute Gasteiger partial charge is 0.480 e. The molecule has 0 amide bonds. The van der Waals surface area contributed by atoms with Gasteiger partial charge in [-0.2, -0.15) is 0 Å². The number of nitrogens with one attached hydrogen (secondary N) is 1. The molecule has 0 aromatic rings. The molecule has 0 bridgehead atoms. The van der Waals surface area contributed by atoms with E-state index in [4.69, 9.17) is 5.11 Å². The standard InChI is InChI=1S/C17H32N2O2/c1-4-19(11-17(20)21)16-9-15(10-16)18-14-7-5-6-13(8-14)12(2)3/h12-16,18H,4-11H2,1-3H3,(H,20,21). The summed E-state index contributed by atoms with van der Waals surface area (Å²) in [5.41, 5.74) is 0. The van der Waals surface area contributed by atoms with Crippen molar-refractivity contribution in [1.29, 1.82) is 0 Å². The van der Waals surface area contributed by atoms with Crippen LogP contribution >= 0.6 is 0 Å². The fourth-order valence-electron chi connectivity index (χ4n) is 4.01. The van der Waals surface area contributed by atoms with Gasteiger partial charge < -0.3 is 10.4 Å². The molecule has 0 aromatic heterocycles. The molecule has 0 spiro atoms. The Hall–Kier alpha value is -0.610.